The predicted molar refractivity (Wildman–Crippen MR) is 73.2 cm³/mol. The number of ether oxygens (including phenoxy) is 1. The minimum Gasteiger partial charge on any atom is -0.496 e. The molecule has 3 rings (SSSR count). The normalized spacial score (nSPS) is 12.6. The Balaban J connectivity index is 2.13. The fourth-order valence-corrected chi connectivity index (χ4v) is 2.29. The maximum absolute atomic E-state index is 14.0. The number of hydrogen-bond donors (Lipinski definition) is 1. The Morgan fingerprint density at radius 3 is 2.52 bits per heavy atom. The van der Waals surface area contributed by atoms with Gasteiger partial charge < -0.3 is 14.3 Å². The molecule has 108 valence electrons. The van der Waals surface area contributed by atoms with Crippen LogP contribution in [0.15, 0.2) is 46.9 Å². The average molecular weight is 290 g/mol. The van der Waals surface area contributed by atoms with Gasteiger partial charge >= 0.3 is 0 Å². The molecule has 2 aromatic carbocycles. The van der Waals surface area contributed by atoms with E-state index in [2.05, 4.69) is 0 Å². The Kier molecular flexibility index (Phi) is 3.35. The van der Waals surface area contributed by atoms with Crippen LogP contribution in [0.3, 0.4) is 0 Å². The molecule has 0 saturated heterocycles. The molecule has 0 radical (unpaired) electrons. The molecule has 0 bridgehead atoms. The van der Waals surface area contributed by atoms with E-state index >= 15 is 0 Å². The summed E-state index contributed by atoms with van der Waals surface area (Å²) in [7, 11) is 1.38. The molecule has 1 heterocycles. The van der Waals surface area contributed by atoms with Crippen LogP contribution in [-0.4, -0.2) is 12.2 Å². The quantitative estimate of drug-likeness (QED) is 0.797. The van der Waals surface area contributed by atoms with E-state index in [4.69, 9.17) is 9.15 Å². The van der Waals surface area contributed by atoms with Gasteiger partial charge in [-0.05, 0) is 24.3 Å². The molecule has 0 aliphatic rings. The Morgan fingerprint density at radius 2 is 1.81 bits per heavy atom. The van der Waals surface area contributed by atoms with Crippen molar-refractivity contribution in [3.8, 4) is 5.75 Å². The molecule has 1 N–H and O–H groups in total. The third-order valence-electron chi connectivity index (χ3n) is 3.29. The summed E-state index contributed by atoms with van der Waals surface area (Å²) in [6.07, 6.45) is -1.38. The second-order valence-corrected chi connectivity index (χ2v) is 4.57. The number of rotatable bonds is 3. The molecule has 0 amide bonds. The van der Waals surface area contributed by atoms with E-state index in [1.807, 2.05) is 0 Å². The second-order valence-electron chi connectivity index (χ2n) is 4.57. The fourth-order valence-electron chi connectivity index (χ4n) is 2.29. The summed E-state index contributed by atoms with van der Waals surface area (Å²) in [5.41, 5.74) is -0.0127. The number of para-hydroxylation sites is 1. The van der Waals surface area contributed by atoms with Crippen LogP contribution in [0.25, 0.3) is 11.0 Å². The van der Waals surface area contributed by atoms with Crippen molar-refractivity contribution in [3.63, 3.8) is 0 Å². The summed E-state index contributed by atoms with van der Waals surface area (Å²) < 4.78 is 37.9. The van der Waals surface area contributed by atoms with Gasteiger partial charge in [-0.15, -0.1) is 0 Å². The molecule has 0 fully saturated rings. The van der Waals surface area contributed by atoms with E-state index in [1.54, 1.807) is 6.07 Å². The SMILES string of the molecule is COc1cccc(F)c1C(O)c1cc2cccc(F)c2o1. The maximum atomic E-state index is 14.0. The van der Waals surface area contributed by atoms with Crippen LogP contribution in [-0.2, 0) is 0 Å². The van der Waals surface area contributed by atoms with Crippen LogP contribution in [0.5, 0.6) is 5.75 Å². The zero-order chi connectivity index (χ0) is 15.0. The zero-order valence-electron chi connectivity index (χ0n) is 11.1. The lowest BCUT2D eigenvalue weighted by molar-refractivity contribution is 0.182. The molecular formula is C16H12F2O3. The van der Waals surface area contributed by atoms with Crippen LogP contribution in [0, 0.1) is 11.6 Å². The largest absolute Gasteiger partial charge is 0.496 e. The summed E-state index contributed by atoms with van der Waals surface area (Å²) in [5.74, 6) is -0.906. The van der Waals surface area contributed by atoms with Gasteiger partial charge in [0.05, 0.1) is 12.7 Å². The van der Waals surface area contributed by atoms with Gasteiger partial charge in [0.25, 0.3) is 0 Å². The van der Waals surface area contributed by atoms with Crippen molar-refractivity contribution >= 4 is 11.0 Å². The van der Waals surface area contributed by atoms with E-state index in [0.717, 1.165) is 0 Å². The highest BCUT2D eigenvalue weighted by Crippen LogP contribution is 2.35. The summed E-state index contributed by atoms with van der Waals surface area (Å²) in [6.45, 7) is 0. The lowest BCUT2D eigenvalue weighted by atomic mass is 10.1. The van der Waals surface area contributed by atoms with Gasteiger partial charge in [0.2, 0.25) is 0 Å². The number of halogens is 2. The standard InChI is InChI=1S/C16H12F2O3/c1-20-12-7-3-5-10(17)14(12)15(19)13-8-9-4-2-6-11(18)16(9)21-13/h2-8,15,19H,1H3. The first kappa shape index (κ1) is 13.6. The van der Waals surface area contributed by atoms with Gasteiger partial charge in [-0.25, -0.2) is 8.78 Å². The number of furan rings is 1. The number of methoxy groups -OCH3 is 1. The molecule has 21 heavy (non-hydrogen) atoms. The number of aliphatic hydroxyl groups is 1. The summed E-state index contributed by atoms with van der Waals surface area (Å²) in [4.78, 5) is 0. The van der Waals surface area contributed by atoms with Gasteiger partial charge in [0.15, 0.2) is 11.4 Å². The third kappa shape index (κ3) is 2.25. The molecule has 1 aromatic heterocycles. The molecule has 3 aromatic rings. The molecule has 3 nitrogen and oxygen atoms in total. The van der Waals surface area contributed by atoms with Crippen LogP contribution >= 0.6 is 0 Å². The first-order valence-electron chi connectivity index (χ1n) is 6.30. The van der Waals surface area contributed by atoms with Crippen molar-refractivity contribution in [1.82, 2.24) is 0 Å². The fraction of sp³-hybridized carbons (Fsp3) is 0.125. The van der Waals surface area contributed by atoms with Crippen molar-refractivity contribution in [3.05, 3.63) is 65.4 Å². The van der Waals surface area contributed by atoms with Crippen molar-refractivity contribution in [2.45, 2.75) is 6.10 Å². The van der Waals surface area contributed by atoms with Crippen LogP contribution in [0.4, 0.5) is 8.78 Å². The highest BCUT2D eigenvalue weighted by Gasteiger charge is 2.23. The maximum Gasteiger partial charge on any atom is 0.170 e. The van der Waals surface area contributed by atoms with Gasteiger partial charge in [-0.1, -0.05) is 18.2 Å². The van der Waals surface area contributed by atoms with Gasteiger partial charge in [-0.2, -0.15) is 0 Å². The molecule has 1 unspecified atom stereocenters. The lowest BCUT2D eigenvalue weighted by Gasteiger charge is -2.13. The highest BCUT2D eigenvalue weighted by molar-refractivity contribution is 5.78. The number of benzene rings is 2. The first-order chi connectivity index (χ1) is 10.1. The summed E-state index contributed by atoms with van der Waals surface area (Å²) >= 11 is 0. The van der Waals surface area contributed by atoms with Crippen molar-refractivity contribution < 1.29 is 23.0 Å². The Morgan fingerprint density at radius 1 is 1.10 bits per heavy atom. The topological polar surface area (TPSA) is 42.6 Å². The van der Waals surface area contributed by atoms with Gasteiger partial charge in [-0.3, -0.25) is 0 Å². The van der Waals surface area contributed by atoms with Crippen molar-refractivity contribution in [2.24, 2.45) is 0 Å². The third-order valence-corrected chi connectivity index (χ3v) is 3.29. The number of aliphatic hydroxyl groups excluding tert-OH is 1. The first-order valence-corrected chi connectivity index (χ1v) is 6.30. The molecule has 5 heteroatoms. The molecule has 0 aliphatic heterocycles. The molecule has 1 atom stereocenters. The number of hydrogen-bond acceptors (Lipinski definition) is 3. The smallest absolute Gasteiger partial charge is 0.170 e. The second kappa shape index (κ2) is 5.18. The van der Waals surface area contributed by atoms with Crippen molar-refractivity contribution in [2.75, 3.05) is 7.11 Å². The Labute approximate surface area is 119 Å². The minimum atomic E-state index is -1.38. The Hall–Kier alpha value is -2.40. The van der Waals surface area contributed by atoms with Gasteiger partial charge in [0, 0.05) is 5.39 Å². The molecule has 0 aliphatic carbocycles. The van der Waals surface area contributed by atoms with E-state index in [-0.39, 0.29) is 22.7 Å². The van der Waals surface area contributed by atoms with Crippen LogP contribution in [0.2, 0.25) is 0 Å². The highest BCUT2D eigenvalue weighted by atomic mass is 19.1. The van der Waals surface area contributed by atoms with E-state index in [1.165, 1.54) is 43.5 Å². The summed E-state index contributed by atoms with van der Waals surface area (Å²) in [6, 6.07) is 10.1. The predicted octanol–water partition coefficient (Wildman–Crippen LogP) is 3.80. The average Bonchev–Trinajstić information content (AvgIpc) is 2.92. The van der Waals surface area contributed by atoms with E-state index < -0.39 is 17.7 Å². The van der Waals surface area contributed by atoms with Gasteiger partial charge in [0.1, 0.15) is 23.4 Å². The van der Waals surface area contributed by atoms with Crippen molar-refractivity contribution in [1.29, 1.82) is 0 Å². The molecular weight excluding hydrogens is 278 g/mol. The van der Waals surface area contributed by atoms with Crippen LogP contribution < -0.4 is 4.74 Å². The molecule has 0 spiro atoms. The monoisotopic (exact) mass is 290 g/mol. The molecule has 0 saturated carbocycles. The van der Waals surface area contributed by atoms with E-state index in [0.29, 0.717) is 5.39 Å². The minimum absolute atomic E-state index is 0.0295. The summed E-state index contributed by atoms with van der Waals surface area (Å²) in [5, 5.41) is 10.8. The van der Waals surface area contributed by atoms with Crippen LogP contribution in [0.1, 0.15) is 17.4 Å². The lowest BCUT2D eigenvalue weighted by Crippen LogP contribution is -2.04. The number of fused-ring (bicyclic) bond motifs is 1. The zero-order valence-corrected chi connectivity index (χ0v) is 11.1. The van der Waals surface area contributed by atoms with E-state index in [9.17, 15) is 13.9 Å². The Bertz CT molecular complexity index is 795.